The molecule has 152 valence electrons. The van der Waals surface area contributed by atoms with E-state index in [0.717, 1.165) is 5.76 Å². The third-order valence-electron chi connectivity index (χ3n) is 4.86. The van der Waals surface area contributed by atoms with Crippen LogP contribution in [0.5, 0.6) is 0 Å². The molecule has 0 saturated carbocycles. The Morgan fingerprint density at radius 1 is 0.935 bits per heavy atom. The normalized spacial score (nSPS) is 11.0. The molecule has 8 heteroatoms. The Hall–Kier alpha value is -4.46. The van der Waals surface area contributed by atoms with Crippen molar-refractivity contribution in [3.8, 4) is 11.5 Å². The summed E-state index contributed by atoms with van der Waals surface area (Å²) in [5, 5.41) is 1.16. The number of hydrogen-bond donors (Lipinski definition) is 3. The molecule has 8 nitrogen and oxygen atoms in total. The van der Waals surface area contributed by atoms with Crippen molar-refractivity contribution in [1.29, 1.82) is 0 Å². The van der Waals surface area contributed by atoms with E-state index in [1.807, 2.05) is 43.3 Å². The van der Waals surface area contributed by atoms with Crippen LogP contribution in [-0.4, -0.2) is 20.9 Å². The van der Waals surface area contributed by atoms with Crippen LogP contribution in [0.15, 0.2) is 75.9 Å². The lowest BCUT2D eigenvalue weighted by atomic mass is 10.1. The van der Waals surface area contributed by atoms with Crippen LogP contribution in [0.25, 0.3) is 33.3 Å². The highest BCUT2D eigenvalue weighted by atomic mass is 16.3. The van der Waals surface area contributed by atoms with Gasteiger partial charge in [-0.05, 0) is 43.3 Å². The van der Waals surface area contributed by atoms with E-state index in [0.29, 0.717) is 38.8 Å². The molecule has 0 fully saturated rings. The molecule has 5 aromatic rings. The molecule has 0 bridgehead atoms. The molecule has 0 radical (unpaired) electrons. The highest BCUT2D eigenvalue weighted by molar-refractivity contribution is 6.07. The highest BCUT2D eigenvalue weighted by Crippen LogP contribution is 2.26. The number of H-pyrrole nitrogens is 1. The van der Waals surface area contributed by atoms with Gasteiger partial charge in [-0.25, -0.2) is 9.97 Å². The topological polar surface area (TPSA) is 113 Å². The summed E-state index contributed by atoms with van der Waals surface area (Å²) in [6.07, 6.45) is 0. The van der Waals surface area contributed by atoms with Crippen molar-refractivity contribution < 1.29 is 9.21 Å². The van der Waals surface area contributed by atoms with Crippen LogP contribution in [-0.2, 0) is 0 Å². The number of carbonyl (C=O) groups is 1. The molecule has 0 spiro atoms. The number of para-hydroxylation sites is 2. The van der Waals surface area contributed by atoms with Gasteiger partial charge in [0, 0.05) is 5.39 Å². The van der Waals surface area contributed by atoms with Crippen molar-refractivity contribution in [1.82, 2.24) is 20.4 Å². The second-order valence-corrected chi connectivity index (χ2v) is 6.99. The fourth-order valence-corrected chi connectivity index (χ4v) is 3.39. The van der Waals surface area contributed by atoms with Crippen molar-refractivity contribution in [3.05, 3.63) is 88.4 Å². The van der Waals surface area contributed by atoms with E-state index in [-0.39, 0.29) is 11.5 Å². The first-order valence-electron chi connectivity index (χ1n) is 9.60. The maximum absolute atomic E-state index is 13.0. The van der Waals surface area contributed by atoms with E-state index in [2.05, 4.69) is 25.8 Å². The number of aryl methyl sites for hydroxylation is 1. The zero-order chi connectivity index (χ0) is 21.4. The summed E-state index contributed by atoms with van der Waals surface area (Å²) in [5.41, 5.74) is 7.14. The van der Waals surface area contributed by atoms with Crippen molar-refractivity contribution >= 4 is 33.7 Å². The molecule has 0 aliphatic heterocycles. The first kappa shape index (κ1) is 18.6. The Bertz CT molecular complexity index is 1500. The van der Waals surface area contributed by atoms with Gasteiger partial charge in [0.25, 0.3) is 11.5 Å². The molecule has 2 aromatic carbocycles. The van der Waals surface area contributed by atoms with Gasteiger partial charge in [-0.3, -0.25) is 25.4 Å². The zero-order valence-corrected chi connectivity index (χ0v) is 16.5. The molecule has 3 heterocycles. The maximum Gasteiger partial charge on any atom is 0.270 e. The molecule has 3 aromatic heterocycles. The molecule has 0 aliphatic rings. The van der Waals surface area contributed by atoms with Gasteiger partial charge < -0.3 is 4.42 Å². The minimum Gasteiger partial charge on any atom is -0.460 e. The number of aromatic amines is 1. The monoisotopic (exact) mass is 411 g/mol. The standard InChI is InChI=1S/C23H17N5O3/c1-13-10-11-20(31-13)19-12-16(14-6-2-4-8-17(14)24-19)22(30)27-28-23-25-18-9-5-3-7-15(18)21(29)26-23/h2-12H,1H3,(H,27,30)(H2,25,26,28,29). The summed E-state index contributed by atoms with van der Waals surface area (Å²) in [5.74, 6) is 1.06. The van der Waals surface area contributed by atoms with Crippen molar-refractivity contribution in [2.45, 2.75) is 6.92 Å². The Morgan fingerprint density at radius 2 is 1.65 bits per heavy atom. The van der Waals surface area contributed by atoms with E-state index >= 15 is 0 Å². The first-order chi connectivity index (χ1) is 15.1. The second kappa shape index (κ2) is 7.42. The van der Waals surface area contributed by atoms with Crippen molar-refractivity contribution in [2.24, 2.45) is 0 Å². The lowest BCUT2D eigenvalue weighted by molar-refractivity contribution is 0.0964. The lowest BCUT2D eigenvalue weighted by Gasteiger charge is -2.11. The van der Waals surface area contributed by atoms with Crippen LogP contribution in [0.4, 0.5) is 5.95 Å². The minimum atomic E-state index is -0.404. The summed E-state index contributed by atoms with van der Waals surface area (Å²) in [6, 6.07) is 19.7. The van der Waals surface area contributed by atoms with E-state index in [1.54, 1.807) is 30.3 Å². The molecule has 0 saturated heterocycles. The van der Waals surface area contributed by atoms with Crippen LogP contribution in [0, 0.1) is 6.92 Å². The zero-order valence-electron chi connectivity index (χ0n) is 16.5. The number of nitrogens with one attached hydrogen (secondary N) is 3. The van der Waals surface area contributed by atoms with Gasteiger partial charge in [0.1, 0.15) is 11.5 Å². The van der Waals surface area contributed by atoms with Crippen LogP contribution < -0.4 is 16.4 Å². The Kier molecular flexibility index (Phi) is 4.44. The number of benzene rings is 2. The predicted molar refractivity (Wildman–Crippen MR) is 118 cm³/mol. The summed E-state index contributed by atoms with van der Waals surface area (Å²) < 4.78 is 5.68. The first-order valence-corrected chi connectivity index (χ1v) is 9.60. The van der Waals surface area contributed by atoms with E-state index < -0.39 is 5.91 Å². The smallest absolute Gasteiger partial charge is 0.270 e. The quantitative estimate of drug-likeness (QED) is 0.388. The van der Waals surface area contributed by atoms with Crippen LogP contribution >= 0.6 is 0 Å². The Morgan fingerprint density at radius 3 is 2.39 bits per heavy atom. The van der Waals surface area contributed by atoms with Crippen molar-refractivity contribution in [3.63, 3.8) is 0 Å². The van der Waals surface area contributed by atoms with Crippen LogP contribution in [0.2, 0.25) is 0 Å². The molecule has 1 amide bonds. The fraction of sp³-hybridized carbons (Fsp3) is 0.0435. The largest absolute Gasteiger partial charge is 0.460 e. The number of hydrogen-bond acceptors (Lipinski definition) is 6. The number of fused-ring (bicyclic) bond motifs is 2. The second-order valence-electron chi connectivity index (χ2n) is 6.99. The molecular weight excluding hydrogens is 394 g/mol. The molecule has 3 N–H and O–H groups in total. The number of rotatable bonds is 4. The number of carbonyl (C=O) groups excluding carboxylic acids is 1. The fourth-order valence-electron chi connectivity index (χ4n) is 3.39. The highest BCUT2D eigenvalue weighted by Gasteiger charge is 2.16. The summed E-state index contributed by atoms with van der Waals surface area (Å²) >= 11 is 0. The third kappa shape index (κ3) is 3.51. The lowest BCUT2D eigenvalue weighted by Crippen LogP contribution is -2.31. The average Bonchev–Trinajstić information content (AvgIpc) is 3.23. The molecular formula is C23H17N5O3. The van der Waals surface area contributed by atoms with Crippen LogP contribution in [0.3, 0.4) is 0 Å². The SMILES string of the molecule is Cc1ccc(-c2cc(C(=O)NNc3nc4ccccc4c(=O)[nH]3)c3ccccc3n2)o1. The van der Waals surface area contributed by atoms with Gasteiger partial charge in [0.2, 0.25) is 5.95 Å². The number of furan rings is 1. The summed E-state index contributed by atoms with van der Waals surface area (Å²) in [7, 11) is 0. The number of nitrogens with zero attached hydrogens (tertiary/aromatic N) is 2. The molecule has 0 aliphatic carbocycles. The number of amides is 1. The molecule has 0 atom stereocenters. The van der Waals surface area contributed by atoms with Crippen LogP contribution in [0.1, 0.15) is 16.1 Å². The maximum atomic E-state index is 13.0. The minimum absolute atomic E-state index is 0.136. The number of pyridine rings is 1. The molecule has 31 heavy (non-hydrogen) atoms. The van der Waals surface area contributed by atoms with Gasteiger partial charge in [-0.2, -0.15) is 0 Å². The average molecular weight is 411 g/mol. The van der Waals surface area contributed by atoms with Crippen molar-refractivity contribution in [2.75, 3.05) is 5.43 Å². The van der Waals surface area contributed by atoms with Gasteiger partial charge in [0.05, 0.1) is 22.0 Å². The number of aromatic nitrogens is 3. The van der Waals surface area contributed by atoms with E-state index in [1.165, 1.54) is 0 Å². The molecule has 0 unspecified atom stereocenters. The van der Waals surface area contributed by atoms with E-state index in [9.17, 15) is 9.59 Å². The third-order valence-corrected chi connectivity index (χ3v) is 4.86. The number of anilines is 1. The Balaban J connectivity index is 1.49. The summed E-state index contributed by atoms with van der Waals surface area (Å²) in [6.45, 7) is 1.85. The van der Waals surface area contributed by atoms with Gasteiger partial charge in [-0.15, -0.1) is 0 Å². The predicted octanol–water partition coefficient (Wildman–Crippen LogP) is 3.80. The van der Waals surface area contributed by atoms with E-state index in [4.69, 9.17) is 4.42 Å². The number of hydrazine groups is 1. The van der Waals surface area contributed by atoms with Gasteiger partial charge >= 0.3 is 0 Å². The molecule has 5 rings (SSSR count). The summed E-state index contributed by atoms with van der Waals surface area (Å²) in [4.78, 5) is 36.8. The Labute approximate surface area is 175 Å². The van der Waals surface area contributed by atoms with Gasteiger partial charge in [-0.1, -0.05) is 30.3 Å². The van der Waals surface area contributed by atoms with Gasteiger partial charge in [0.15, 0.2) is 5.76 Å².